The molecule has 1 aromatic carbocycles. The maximum atomic E-state index is 12.8. The highest BCUT2D eigenvalue weighted by atomic mass is 16.2. The van der Waals surface area contributed by atoms with Crippen LogP contribution in [0, 0.1) is 0 Å². The number of anilines is 4. The van der Waals surface area contributed by atoms with Crippen LogP contribution in [-0.2, 0) is 9.59 Å². The molecule has 0 spiro atoms. The molecule has 0 aliphatic heterocycles. The van der Waals surface area contributed by atoms with E-state index in [1.54, 1.807) is 11.6 Å². The number of hydrogen-bond donors (Lipinski definition) is 5. The van der Waals surface area contributed by atoms with E-state index in [1.807, 2.05) is 62.6 Å². The van der Waals surface area contributed by atoms with Crippen molar-refractivity contribution in [3.05, 3.63) is 53.5 Å². The minimum absolute atomic E-state index is 0.000825. The molecule has 1 aliphatic carbocycles. The van der Waals surface area contributed by atoms with Gasteiger partial charge in [-0.3, -0.25) is 14.6 Å². The van der Waals surface area contributed by atoms with E-state index in [2.05, 4.69) is 31.8 Å². The van der Waals surface area contributed by atoms with Gasteiger partial charge in [0.25, 0.3) is 5.91 Å². The number of fused-ring (bicyclic) bond motifs is 1. The van der Waals surface area contributed by atoms with Gasteiger partial charge in [0.1, 0.15) is 17.3 Å². The Morgan fingerprint density at radius 3 is 2.44 bits per heavy atom. The summed E-state index contributed by atoms with van der Waals surface area (Å²) in [6.07, 6.45) is 5.92. The number of aromatic nitrogens is 3. The van der Waals surface area contributed by atoms with Crippen LogP contribution in [0.5, 0.6) is 0 Å². The van der Waals surface area contributed by atoms with Crippen molar-refractivity contribution in [3.8, 4) is 0 Å². The van der Waals surface area contributed by atoms with Gasteiger partial charge < -0.3 is 32.3 Å². The first kappa shape index (κ1) is 26.0. The molecule has 0 saturated heterocycles. The third-order valence-electron chi connectivity index (χ3n) is 5.47. The van der Waals surface area contributed by atoms with Gasteiger partial charge in [-0.2, -0.15) is 9.61 Å². The van der Waals surface area contributed by atoms with Gasteiger partial charge in [0.15, 0.2) is 5.65 Å². The van der Waals surface area contributed by atoms with E-state index in [0.717, 1.165) is 35.6 Å². The minimum Gasteiger partial charge on any atom is -0.393 e. The molecule has 190 valence electrons. The summed E-state index contributed by atoms with van der Waals surface area (Å²) in [5, 5.41) is 13.6. The Balaban J connectivity index is 0.00000115. The first-order valence-corrected chi connectivity index (χ1v) is 11.3. The number of carbonyl (C=O) groups excluding carboxylic acids is 2. The Kier molecular flexibility index (Phi) is 8.44. The molecule has 2 aromatic heterocycles. The molecule has 1 saturated carbocycles. The van der Waals surface area contributed by atoms with Gasteiger partial charge in [-0.15, -0.1) is 0 Å². The smallest absolute Gasteiger partial charge is 0.273 e. The number of primary amides is 1. The number of hydrogen-bond acceptors (Lipinski definition) is 9. The van der Waals surface area contributed by atoms with Gasteiger partial charge in [-0.05, 0) is 43.0 Å². The summed E-state index contributed by atoms with van der Waals surface area (Å²) in [7, 11) is 7.35. The van der Waals surface area contributed by atoms with Crippen LogP contribution >= 0.6 is 0 Å². The lowest BCUT2D eigenvalue weighted by Gasteiger charge is -2.14. The summed E-state index contributed by atoms with van der Waals surface area (Å²) in [6, 6.07) is 9.31. The fourth-order valence-electron chi connectivity index (χ4n) is 3.50. The number of benzene rings is 1. The highest BCUT2D eigenvalue weighted by Gasteiger charge is 2.28. The third kappa shape index (κ3) is 6.09. The summed E-state index contributed by atoms with van der Waals surface area (Å²) < 4.78 is 1.78. The summed E-state index contributed by atoms with van der Waals surface area (Å²) in [6.45, 7) is 0. The lowest BCUT2D eigenvalue weighted by molar-refractivity contribution is -0.113. The molecule has 3 aromatic rings. The summed E-state index contributed by atoms with van der Waals surface area (Å²) in [5.74, 6) is 1.37. The van der Waals surface area contributed by atoms with E-state index in [-0.39, 0.29) is 12.1 Å². The Morgan fingerprint density at radius 2 is 1.89 bits per heavy atom. The minimum atomic E-state index is -0.437. The molecular weight excluding hydrogens is 460 g/mol. The molecule has 4 rings (SSSR count). The van der Waals surface area contributed by atoms with Crippen LogP contribution in [0.1, 0.15) is 24.3 Å². The van der Waals surface area contributed by atoms with Crippen molar-refractivity contribution in [3.63, 3.8) is 0 Å². The Morgan fingerprint density at radius 1 is 1.22 bits per heavy atom. The number of carbonyl (C=O) groups is 2. The second-order valence-electron chi connectivity index (χ2n) is 8.26. The van der Waals surface area contributed by atoms with Gasteiger partial charge in [0.2, 0.25) is 6.41 Å². The van der Waals surface area contributed by atoms with Crippen molar-refractivity contribution in [1.82, 2.24) is 14.6 Å². The van der Waals surface area contributed by atoms with Gasteiger partial charge in [0, 0.05) is 57.4 Å². The zero-order valence-corrected chi connectivity index (χ0v) is 20.8. The predicted molar refractivity (Wildman–Crippen MR) is 143 cm³/mol. The second kappa shape index (κ2) is 11.7. The fourth-order valence-corrected chi connectivity index (χ4v) is 3.50. The highest BCUT2D eigenvalue weighted by molar-refractivity contribution is 6.07. The number of nitrogens with two attached hydrogens (primary N) is 2. The standard InChI is InChI=1S/C23H29N9O.CH3NO/c1-25-13-18(21(24)23(33)28-15-7-9-16(10-8-15)31(3)4)29-19-11-20(26-2)32-22(30-19)17(12-27-32)14-5-6-14;2-1-3/h7-14,26H,5-6,24H2,1-4H3,(H,28,33)(H,29,30);1H,(H2,2,3)/b21-18+,25-13?;. The monoisotopic (exact) mass is 492 g/mol. The molecular formula is C24H32N10O2. The maximum absolute atomic E-state index is 12.8. The van der Waals surface area contributed by atoms with E-state index in [9.17, 15) is 4.79 Å². The molecule has 2 amide bonds. The lowest BCUT2D eigenvalue weighted by Crippen LogP contribution is -2.25. The van der Waals surface area contributed by atoms with Gasteiger partial charge in [0.05, 0.1) is 11.9 Å². The number of aliphatic imine (C=N–C) groups is 1. The highest BCUT2D eigenvalue weighted by Crippen LogP contribution is 2.42. The average Bonchev–Trinajstić information content (AvgIpc) is 3.62. The van der Waals surface area contributed by atoms with Crippen molar-refractivity contribution >= 4 is 47.2 Å². The van der Waals surface area contributed by atoms with Crippen molar-refractivity contribution in [2.75, 3.05) is 49.0 Å². The molecule has 0 atom stereocenters. The second-order valence-corrected chi connectivity index (χ2v) is 8.26. The molecule has 0 bridgehead atoms. The van der Waals surface area contributed by atoms with Crippen molar-refractivity contribution in [2.45, 2.75) is 18.8 Å². The van der Waals surface area contributed by atoms with Crippen LogP contribution < -0.4 is 32.3 Å². The van der Waals surface area contributed by atoms with E-state index in [4.69, 9.17) is 15.5 Å². The van der Waals surface area contributed by atoms with E-state index >= 15 is 0 Å². The van der Waals surface area contributed by atoms with Crippen molar-refractivity contribution < 1.29 is 9.59 Å². The fraction of sp³-hybridized carbons (Fsp3) is 0.292. The Labute approximate surface area is 209 Å². The van der Waals surface area contributed by atoms with Gasteiger partial charge in [-0.25, -0.2) is 4.98 Å². The summed E-state index contributed by atoms with van der Waals surface area (Å²) in [5.41, 5.74) is 14.3. The average molecular weight is 493 g/mol. The van der Waals surface area contributed by atoms with E-state index in [0.29, 0.717) is 23.1 Å². The van der Waals surface area contributed by atoms with Crippen LogP contribution in [0.2, 0.25) is 0 Å². The summed E-state index contributed by atoms with van der Waals surface area (Å²) >= 11 is 0. The van der Waals surface area contributed by atoms with Crippen LogP contribution in [0.15, 0.2) is 52.9 Å². The lowest BCUT2D eigenvalue weighted by atomic mass is 10.2. The molecule has 1 aliphatic rings. The molecule has 36 heavy (non-hydrogen) atoms. The maximum Gasteiger partial charge on any atom is 0.273 e. The third-order valence-corrected chi connectivity index (χ3v) is 5.47. The molecule has 12 nitrogen and oxygen atoms in total. The van der Waals surface area contributed by atoms with Crippen LogP contribution in [0.25, 0.3) is 5.65 Å². The van der Waals surface area contributed by atoms with Crippen molar-refractivity contribution in [1.29, 1.82) is 0 Å². The number of nitrogens with one attached hydrogen (secondary N) is 3. The topological polar surface area (TPSA) is 168 Å². The van der Waals surface area contributed by atoms with E-state index in [1.165, 1.54) is 6.21 Å². The first-order chi connectivity index (χ1) is 17.3. The molecule has 12 heteroatoms. The normalized spacial score (nSPS) is 13.4. The molecule has 0 unspecified atom stereocenters. The quantitative estimate of drug-likeness (QED) is 0.180. The van der Waals surface area contributed by atoms with Crippen molar-refractivity contribution in [2.24, 2.45) is 16.5 Å². The molecule has 1 fully saturated rings. The Hall–Kier alpha value is -4.61. The number of amides is 2. The predicted octanol–water partition coefficient (Wildman–Crippen LogP) is 1.74. The van der Waals surface area contributed by atoms with Gasteiger partial charge >= 0.3 is 0 Å². The summed E-state index contributed by atoms with van der Waals surface area (Å²) in [4.78, 5) is 32.2. The zero-order valence-electron chi connectivity index (χ0n) is 20.8. The molecule has 0 radical (unpaired) electrons. The molecule has 7 N–H and O–H groups in total. The van der Waals surface area contributed by atoms with Gasteiger partial charge in [-0.1, -0.05) is 0 Å². The number of rotatable bonds is 8. The number of allylic oxidation sites excluding steroid dienone is 1. The molecule has 2 heterocycles. The van der Waals surface area contributed by atoms with Crippen LogP contribution in [0.3, 0.4) is 0 Å². The van der Waals surface area contributed by atoms with E-state index < -0.39 is 5.91 Å². The first-order valence-electron chi connectivity index (χ1n) is 11.3. The number of nitrogens with zero attached hydrogens (tertiary/aromatic N) is 5. The largest absolute Gasteiger partial charge is 0.393 e. The SMILES string of the molecule is CN=C/C(Nc1cc(NC)n2ncc(C3CC3)c2n1)=C(\N)C(=O)Nc1ccc(N(C)C)cc1.NC=O. The van der Waals surface area contributed by atoms with Crippen LogP contribution in [-0.4, -0.2) is 61.3 Å². The Bertz CT molecular complexity index is 1270. The van der Waals surface area contributed by atoms with Crippen LogP contribution in [0.4, 0.5) is 23.0 Å². The zero-order chi connectivity index (χ0) is 26.2.